The molecule has 3 heteroatoms. The minimum Gasteiger partial charge on any atom is -0.323 e. The molecule has 0 aromatic heterocycles. The summed E-state index contributed by atoms with van der Waals surface area (Å²) in [7, 11) is 0. The van der Waals surface area contributed by atoms with Crippen molar-refractivity contribution in [2.24, 2.45) is 11.8 Å². The summed E-state index contributed by atoms with van der Waals surface area (Å²) in [4.78, 5) is 15.0. The Labute approximate surface area is 124 Å². The Balaban J connectivity index is 2.15. The van der Waals surface area contributed by atoms with E-state index in [9.17, 15) is 4.79 Å². The van der Waals surface area contributed by atoms with Crippen LogP contribution in [0.2, 0.25) is 0 Å². The van der Waals surface area contributed by atoms with Gasteiger partial charge in [-0.05, 0) is 37.5 Å². The van der Waals surface area contributed by atoms with Gasteiger partial charge in [0.25, 0.3) is 0 Å². The molecular weight excluding hydrogens is 248 g/mol. The van der Waals surface area contributed by atoms with Gasteiger partial charge >= 0.3 is 0 Å². The van der Waals surface area contributed by atoms with Gasteiger partial charge in [0.15, 0.2) is 0 Å². The largest absolute Gasteiger partial charge is 0.323 e. The molecule has 0 radical (unpaired) electrons. The fourth-order valence-corrected chi connectivity index (χ4v) is 4.14. The van der Waals surface area contributed by atoms with E-state index in [1.165, 1.54) is 32.1 Å². The average Bonchev–Trinajstić information content (AvgIpc) is 2.79. The van der Waals surface area contributed by atoms with Crippen LogP contribution in [-0.4, -0.2) is 29.1 Å². The molecule has 1 aliphatic carbocycles. The monoisotopic (exact) mass is 280 g/mol. The van der Waals surface area contributed by atoms with Crippen LogP contribution in [0.1, 0.15) is 72.6 Å². The van der Waals surface area contributed by atoms with E-state index in [-0.39, 0.29) is 12.2 Å². The molecule has 2 rings (SSSR count). The fourth-order valence-electron chi connectivity index (χ4n) is 4.14. The molecule has 3 nitrogen and oxygen atoms in total. The predicted octanol–water partition coefficient (Wildman–Crippen LogP) is 3.54. The molecule has 1 saturated carbocycles. The Morgan fingerprint density at radius 2 is 1.85 bits per heavy atom. The van der Waals surface area contributed by atoms with Crippen molar-refractivity contribution in [3.05, 3.63) is 0 Å². The third-order valence-electron chi connectivity index (χ3n) is 5.25. The highest BCUT2D eigenvalue weighted by Crippen LogP contribution is 2.34. The lowest BCUT2D eigenvalue weighted by Crippen LogP contribution is -2.48. The van der Waals surface area contributed by atoms with Gasteiger partial charge in [0, 0.05) is 6.04 Å². The SMILES string of the molecule is CCC1NC(C(C)C)C(=O)N1C(CC)C1CCCCC1. The van der Waals surface area contributed by atoms with Gasteiger partial charge in [-0.3, -0.25) is 10.1 Å². The summed E-state index contributed by atoms with van der Waals surface area (Å²) < 4.78 is 0. The number of amides is 1. The molecular formula is C17H32N2O. The first kappa shape index (κ1) is 15.8. The summed E-state index contributed by atoms with van der Waals surface area (Å²) in [6.07, 6.45) is 9.06. The summed E-state index contributed by atoms with van der Waals surface area (Å²) in [6, 6.07) is 0.474. The molecule has 0 spiro atoms. The van der Waals surface area contributed by atoms with E-state index < -0.39 is 0 Å². The summed E-state index contributed by atoms with van der Waals surface area (Å²) in [5.41, 5.74) is 0. The lowest BCUT2D eigenvalue weighted by Gasteiger charge is -2.39. The van der Waals surface area contributed by atoms with E-state index in [1.807, 2.05) is 0 Å². The molecule has 1 aliphatic heterocycles. The van der Waals surface area contributed by atoms with Crippen LogP contribution in [0.3, 0.4) is 0 Å². The Morgan fingerprint density at radius 1 is 1.20 bits per heavy atom. The molecule has 3 unspecified atom stereocenters. The molecule has 2 fully saturated rings. The van der Waals surface area contributed by atoms with Crippen LogP contribution in [-0.2, 0) is 4.79 Å². The zero-order valence-electron chi connectivity index (χ0n) is 13.7. The van der Waals surface area contributed by atoms with Gasteiger partial charge in [0.05, 0.1) is 12.2 Å². The van der Waals surface area contributed by atoms with E-state index in [2.05, 4.69) is 37.9 Å². The van der Waals surface area contributed by atoms with E-state index in [0.29, 0.717) is 17.9 Å². The van der Waals surface area contributed by atoms with Gasteiger partial charge in [-0.2, -0.15) is 0 Å². The summed E-state index contributed by atoms with van der Waals surface area (Å²) in [6.45, 7) is 8.73. The molecule has 3 atom stereocenters. The minimum absolute atomic E-state index is 0.0255. The van der Waals surface area contributed by atoms with E-state index in [0.717, 1.165) is 18.8 Å². The molecule has 1 heterocycles. The van der Waals surface area contributed by atoms with Gasteiger partial charge < -0.3 is 4.90 Å². The van der Waals surface area contributed by atoms with Crippen molar-refractivity contribution in [1.82, 2.24) is 10.2 Å². The second kappa shape index (κ2) is 6.93. The molecule has 0 aromatic rings. The molecule has 0 bridgehead atoms. The minimum atomic E-state index is 0.0255. The third kappa shape index (κ3) is 3.03. The number of rotatable bonds is 5. The molecule has 116 valence electrons. The zero-order chi connectivity index (χ0) is 14.7. The number of carbonyl (C=O) groups is 1. The van der Waals surface area contributed by atoms with Crippen LogP contribution in [0.5, 0.6) is 0 Å². The van der Waals surface area contributed by atoms with Gasteiger partial charge in [0.2, 0.25) is 5.91 Å². The molecule has 1 amide bonds. The Morgan fingerprint density at radius 3 is 2.35 bits per heavy atom. The Bertz CT molecular complexity index is 323. The Hall–Kier alpha value is -0.570. The highest BCUT2D eigenvalue weighted by molar-refractivity contribution is 5.85. The maximum atomic E-state index is 12.8. The first-order chi connectivity index (χ1) is 9.60. The summed E-state index contributed by atoms with van der Waals surface area (Å²) in [5.74, 6) is 1.45. The second-order valence-corrected chi connectivity index (χ2v) is 6.93. The number of carbonyl (C=O) groups excluding carboxylic acids is 1. The van der Waals surface area contributed by atoms with Crippen LogP contribution < -0.4 is 5.32 Å². The quantitative estimate of drug-likeness (QED) is 0.835. The lowest BCUT2D eigenvalue weighted by molar-refractivity contribution is -0.134. The normalized spacial score (nSPS) is 30.2. The zero-order valence-corrected chi connectivity index (χ0v) is 13.7. The number of nitrogens with one attached hydrogen (secondary N) is 1. The average molecular weight is 280 g/mol. The maximum Gasteiger partial charge on any atom is 0.241 e. The van der Waals surface area contributed by atoms with Crippen LogP contribution in [0.25, 0.3) is 0 Å². The first-order valence-electron chi connectivity index (χ1n) is 8.68. The van der Waals surface area contributed by atoms with Gasteiger partial charge in [-0.15, -0.1) is 0 Å². The molecule has 1 saturated heterocycles. The van der Waals surface area contributed by atoms with E-state index in [1.54, 1.807) is 0 Å². The van der Waals surface area contributed by atoms with Crippen LogP contribution >= 0.6 is 0 Å². The van der Waals surface area contributed by atoms with Crippen molar-refractivity contribution in [3.8, 4) is 0 Å². The summed E-state index contributed by atoms with van der Waals surface area (Å²) >= 11 is 0. The van der Waals surface area contributed by atoms with Crippen molar-refractivity contribution < 1.29 is 4.79 Å². The molecule has 2 aliphatic rings. The predicted molar refractivity (Wildman–Crippen MR) is 83.3 cm³/mol. The molecule has 1 N–H and O–H groups in total. The van der Waals surface area contributed by atoms with Crippen molar-refractivity contribution in [1.29, 1.82) is 0 Å². The number of hydrogen-bond acceptors (Lipinski definition) is 2. The fraction of sp³-hybridized carbons (Fsp3) is 0.941. The van der Waals surface area contributed by atoms with Crippen molar-refractivity contribution in [2.45, 2.75) is 90.9 Å². The van der Waals surface area contributed by atoms with Gasteiger partial charge in [0.1, 0.15) is 0 Å². The van der Waals surface area contributed by atoms with E-state index in [4.69, 9.17) is 0 Å². The molecule has 0 aromatic carbocycles. The highest BCUT2D eigenvalue weighted by atomic mass is 16.2. The highest BCUT2D eigenvalue weighted by Gasteiger charge is 2.44. The smallest absolute Gasteiger partial charge is 0.241 e. The van der Waals surface area contributed by atoms with Gasteiger partial charge in [-0.25, -0.2) is 0 Å². The molecule has 20 heavy (non-hydrogen) atoms. The third-order valence-corrected chi connectivity index (χ3v) is 5.25. The van der Waals surface area contributed by atoms with Crippen molar-refractivity contribution in [3.63, 3.8) is 0 Å². The standard InChI is InChI=1S/C17H32N2O/c1-5-14(13-10-8-7-9-11-13)19-15(6-2)18-16(12(3)4)17(19)20/h12-16,18H,5-11H2,1-4H3. The maximum absolute atomic E-state index is 12.8. The van der Waals surface area contributed by atoms with Crippen LogP contribution in [0.4, 0.5) is 0 Å². The Kier molecular flexibility index (Phi) is 5.48. The van der Waals surface area contributed by atoms with Crippen LogP contribution in [0, 0.1) is 11.8 Å². The summed E-state index contributed by atoms with van der Waals surface area (Å²) in [5, 5.41) is 3.57. The van der Waals surface area contributed by atoms with Crippen molar-refractivity contribution in [2.75, 3.05) is 0 Å². The topological polar surface area (TPSA) is 32.3 Å². The van der Waals surface area contributed by atoms with Gasteiger partial charge in [-0.1, -0.05) is 47.0 Å². The van der Waals surface area contributed by atoms with Crippen molar-refractivity contribution >= 4 is 5.91 Å². The number of nitrogens with zero attached hydrogens (tertiary/aromatic N) is 1. The number of hydrogen-bond donors (Lipinski definition) is 1. The first-order valence-corrected chi connectivity index (χ1v) is 8.68. The van der Waals surface area contributed by atoms with Crippen LogP contribution in [0.15, 0.2) is 0 Å². The van der Waals surface area contributed by atoms with E-state index >= 15 is 0 Å². The second-order valence-electron chi connectivity index (χ2n) is 6.93. The lowest BCUT2D eigenvalue weighted by atomic mass is 9.82.